The minimum absolute atomic E-state index is 0.0233. The van der Waals surface area contributed by atoms with Gasteiger partial charge in [0.15, 0.2) is 11.6 Å². The van der Waals surface area contributed by atoms with Crippen LogP contribution in [0.25, 0.3) is 10.9 Å². The summed E-state index contributed by atoms with van der Waals surface area (Å²) in [6, 6.07) is -0.923. The fourth-order valence-corrected chi connectivity index (χ4v) is 5.39. The van der Waals surface area contributed by atoms with Crippen LogP contribution in [0.3, 0.4) is 0 Å². The van der Waals surface area contributed by atoms with Gasteiger partial charge in [0.2, 0.25) is 17.2 Å². The molecule has 0 saturated heterocycles. The third-order valence-corrected chi connectivity index (χ3v) is 7.61. The second-order valence-electron chi connectivity index (χ2n) is 10.5. The summed E-state index contributed by atoms with van der Waals surface area (Å²) in [5.74, 6) is -4.21. The number of carbonyl (C=O) groups excluding carboxylic acids is 2. The molecule has 38 heavy (non-hydrogen) atoms. The first kappa shape index (κ1) is 28.0. The van der Waals surface area contributed by atoms with E-state index in [0.29, 0.717) is 0 Å². The van der Waals surface area contributed by atoms with Crippen LogP contribution < -0.4 is 20.8 Å². The predicted octanol–water partition coefficient (Wildman–Crippen LogP) is 4.11. The van der Waals surface area contributed by atoms with Gasteiger partial charge in [-0.3, -0.25) is 14.4 Å². The molecule has 10 heteroatoms. The average molecular weight is 534 g/mol. The Morgan fingerprint density at radius 3 is 2.29 bits per heavy atom. The summed E-state index contributed by atoms with van der Waals surface area (Å²) < 4.78 is 35.4. The van der Waals surface area contributed by atoms with E-state index < -0.39 is 41.5 Å². The zero-order valence-corrected chi connectivity index (χ0v) is 21.9. The van der Waals surface area contributed by atoms with Crippen LogP contribution >= 0.6 is 0 Å². The number of carbonyl (C=O) groups is 2. The molecule has 1 aliphatic heterocycles. The van der Waals surface area contributed by atoms with Crippen molar-refractivity contribution in [1.82, 2.24) is 15.2 Å². The van der Waals surface area contributed by atoms with Gasteiger partial charge in [0.25, 0.3) is 5.91 Å². The van der Waals surface area contributed by atoms with Crippen LogP contribution in [0.5, 0.6) is 5.75 Å². The summed E-state index contributed by atoms with van der Waals surface area (Å²) in [5.41, 5.74) is -1.08. The first-order chi connectivity index (χ1) is 18.3. The normalized spacial score (nSPS) is 20.1. The predicted molar refractivity (Wildman–Crippen MR) is 139 cm³/mol. The first-order valence-corrected chi connectivity index (χ1v) is 13.7. The zero-order valence-electron chi connectivity index (χ0n) is 21.9. The summed E-state index contributed by atoms with van der Waals surface area (Å²) in [7, 11) is 0. The lowest BCUT2D eigenvalue weighted by Crippen LogP contribution is -2.52. The molecule has 1 unspecified atom stereocenters. The van der Waals surface area contributed by atoms with Crippen LogP contribution in [-0.4, -0.2) is 46.8 Å². The molecule has 0 radical (unpaired) electrons. The van der Waals surface area contributed by atoms with E-state index in [9.17, 15) is 28.3 Å². The van der Waals surface area contributed by atoms with Crippen molar-refractivity contribution in [3.8, 4) is 5.75 Å². The molecule has 2 aliphatic rings. The Balaban J connectivity index is 1.51. The number of aliphatic hydroxyl groups excluding tert-OH is 1. The quantitative estimate of drug-likeness (QED) is 0.536. The molecule has 2 aromatic rings. The lowest BCUT2D eigenvalue weighted by atomic mass is 9.97. The molecule has 1 fully saturated rings. The number of aromatic nitrogens is 1. The number of hydrogen-bond acceptors (Lipinski definition) is 5. The van der Waals surface area contributed by atoms with Crippen LogP contribution in [0.1, 0.15) is 94.0 Å². The summed E-state index contributed by atoms with van der Waals surface area (Å²) >= 11 is 0. The molecule has 0 bridgehead atoms. The van der Waals surface area contributed by atoms with Gasteiger partial charge in [-0.2, -0.15) is 4.39 Å². The summed E-state index contributed by atoms with van der Waals surface area (Å²) in [5, 5.41) is 15.1. The van der Waals surface area contributed by atoms with Gasteiger partial charge in [0, 0.05) is 12.2 Å². The van der Waals surface area contributed by atoms with E-state index in [1.165, 1.54) is 42.9 Å². The van der Waals surface area contributed by atoms with Crippen LogP contribution in [0, 0.1) is 11.6 Å². The molecule has 2 heterocycles. The molecule has 4 rings (SSSR count). The number of pyridine rings is 1. The van der Waals surface area contributed by atoms with Gasteiger partial charge in [-0.05, 0) is 25.8 Å². The van der Waals surface area contributed by atoms with Crippen molar-refractivity contribution in [1.29, 1.82) is 0 Å². The number of rotatable bonds is 5. The molecular formula is C28H37F2N3O5. The molecule has 3 N–H and O–H groups in total. The third kappa shape index (κ3) is 6.17. The first-order valence-electron chi connectivity index (χ1n) is 13.7. The summed E-state index contributed by atoms with van der Waals surface area (Å²) in [4.78, 5) is 39.3. The maximum absolute atomic E-state index is 14.3. The van der Waals surface area contributed by atoms with E-state index in [4.69, 9.17) is 4.74 Å². The molecule has 208 valence electrons. The Kier molecular flexibility index (Phi) is 9.35. The number of ether oxygens (including phenoxy) is 1. The van der Waals surface area contributed by atoms with E-state index >= 15 is 0 Å². The van der Waals surface area contributed by atoms with Crippen molar-refractivity contribution in [2.75, 3.05) is 13.2 Å². The van der Waals surface area contributed by atoms with Gasteiger partial charge in [-0.15, -0.1) is 0 Å². The van der Waals surface area contributed by atoms with Crippen LogP contribution in [0.4, 0.5) is 8.78 Å². The van der Waals surface area contributed by atoms with Gasteiger partial charge in [-0.1, -0.05) is 57.8 Å². The van der Waals surface area contributed by atoms with Crippen molar-refractivity contribution in [2.45, 2.75) is 95.7 Å². The van der Waals surface area contributed by atoms with Gasteiger partial charge in [0.1, 0.15) is 18.2 Å². The molecule has 1 saturated carbocycles. The zero-order chi connectivity index (χ0) is 27.2. The topological polar surface area (TPSA) is 110 Å². The van der Waals surface area contributed by atoms with E-state index in [2.05, 4.69) is 10.6 Å². The van der Waals surface area contributed by atoms with E-state index in [0.717, 1.165) is 44.6 Å². The number of halogens is 2. The van der Waals surface area contributed by atoms with Crippen LogP contribution in [0.2, 0.25) is 0 Å². The van der Waals surface area contributed by atoms with E-state index in [-0.39, 0.29) is 40.9 Å². The van der Waals surface area contributed by atoms with Crippen molar-refractivity contribution in [3.63, 3.8) is 0 Å². The number of nitrogens with one attached hydrogen (secondary N) is 2. The average Bonchev–Trinajstić information content (AvgIpc) is 2.89. The maximum atomic E-state index is 14.3. The maximum Gasteiger partial charge on any atom is 0.257 e. The molecular weight excluding hydrogens is 496 g/mol. The monoisotopic (exact) mass is 533 g/mol. The largest absolute Gasteiger partial charge is 0.486 e. The van der Waals surface area contributed by atoms with Gasteiger partial charge in [-0.25, -0.2) is 4.39 Å². The molecule has 1 aromatic heterocycles. The fraction of sp³-hybridized carbons (Fsp3) is 0.607. The molecule has 1 aromatic carbocycles. The second kappa shape index (κ2) is 12.7. The molecule has 2 atom stereocenters. The molecule has 2 amide bonds. The fourth-order valence-electron chi connectivity index (χ4n) is 5.39. The highest BCUT2D eigenvalue weighted by Crippen LogP contribution is 2.35. The van der Waals surface area contributed by atoms with Crippen LogP contribution in [0.15, 0.2) is 17.1 Å². The molecule has 8 nitrogen and oxygen atoms in total. The number of nitrogens with zero attached hydrogens (tertiary/aromatic N) is 1. The SMILES string of the molecule is CC1COc2c(F)c(F)cc3c(=O)c(C(=O)N[C@@H](CO)C(=O)NC4CCCCCCCCCCC4)cn1c23. The van der Waals surface area contributed by atoms with Crippen molar-refractivity contribution in [3.05, 3.63) is 39.7 Å². The highest BCUT2D eigenvalue weighted by atomic mass is 19.2. The van der Waals surface area contributed by atoms with Gasteiger partial charge < -0.3 is 25.0 Å². The van der Waals surface area contributed by atoms with Crippen molar-refractivity contribution < 1.29 is 28.2 Å². The second-order valence-corrected chi connectivity index (χ2v) is 10.5. The van der Waals surface area contributed by atoms with Gasteiger partial charge >= 0.3 is 0 Å². The van der Waals surface area contributed by atoms with Crippen LogP contribution in [-0.2, 0) is 4.79 Å². The Bertz CT molecular complexity index is 1220. The van der Waals surface area contributed by atoms with Crippen molar-refractivity contribution in [2.24, 2.45) is 0 Å². The minimum Gasteiger partial charge on any atom is -0.486 e. The summed E-state index contributed by atoms with van der Waals surface area (Å²) in [6.07, 6.45) is 13.3. The number of amides is 2. The number of benzene rings is 1. The Labute approximate surface area is 220 Å². The van der Waals surface area contributed by atoms with Gasteiger partial charge in [0.05, 0.1) is 23.6 Å². The van der Waals surface area contributed by atoms with E-state index in [1.54, 1.807) is 6.92 Å². The smallest absolute Gasteiger partial charge is 0.257 e. The highest BCUT2D eigenvalue weighted by Gasteiger charge is 2.30. The lowest BCUT2D eigenvalue weighted by molar-refractivity contribution is -0.124. The van der Waals surface area contributed by atoms with Crippen molar-refractivity contribution >= 4 is 22.7 Å². The lowest BCUT2D eigenvalue weighted by Gasteiger charge is -2.27. The Hall–Kier alpha value is -3.01. The number of aliphatic hydroxyl groups is 1. The summed E-state index contributed by atoms with van der Waals surface area (Å²) in [6.45, 7) is 1.12. The molecule has 1 aliphatic carbocycles. The Morgan fingerprint density at radius 2 is 1.68 bits per heavy atom. The molecule has 0 spiro atoms. The number of hydrogen-bond donors (Lipinski definition) is 3. The third-order valence-electron chi connectivity index (χ3n) is 7.61. The standard InChI is InChI=1S/C28H37F2N3O5/c1-17-16-38-26-23(30)21(29)13-19-24(26)33(17)14-20(25(19)35)27(36)32-22(15-34)28(37)31-18-11-9-7-5-3-2-4-6-8-10-12-18/h13-14,17-18,22,34H,2-12,15-16H2,1H3,(H,31,37)(H,32,36)/t17?,22-/m0/s1. The highest BCUT2D eigenvalue weighted by molar-refractivity contribution is 6.00. The Morgan fingerprint density at radius 1 is 1.08 bits per heavy atom. The minimum atomic E-state index is -1.26. The van der Waals surface area contributed by atoms with E-state index in [1.807, 2.05) is 0 Å².